The number of oxazole rings is 1. The Balaban J connectivity index is 1.66. The minimum atomic E-state index is -0.195. The van der Waals surface area contributed by atoms with Crippen LogP contribution in [-0.4, -0.2) is 33.6 Å². The highest BCUT2D eigenvalue weighted by molar-refractivity contribution is 5.93. The molecule has 0 spiro atoms. The minimum absolute atomic E-state index is 0.0907. The van der Waals surface area contributed by atoms with Gasteiger partial charge in [-0.3, -0.25) is 4.79 Å². The summed E-state index contributed by atoms with van der Waals surface area (Å²) in [5, 5.41) is 2.96. The molecule has 1 N–H and O–H groups in total. The van der Waals surface area contributed by atoms with Gasteiger partial charge in [-0.1, -0.05) is 6.92 Å². The third-order valence-corrected chi connectivity index (χ3v) is 4.26. The molecular formula is C16H22N4O3. The lowest BCUT2D eigenvalue weighted by Crippen LogP contribution is -2.36. The van der Waals surface area contributed by atoms with Gasteiger partial charge in [0.05, 0.1) is 0 Å². The molecule has 23 heavy (non-hydrogen) atoms. The van der Waals surface area contributed by atoms with Gasteiger partial charge in [0.25, 0.3) is 5.91 Å². The second kappa shape index (κ2) is 6.95. The van der Waals surface area contributed by atoms with Crippen molar-refractivity contribution in [2.24, 2.45) is 13.0 Å². The van der Waals surface area contributed by atoms with Crippen LogP contribution in [0.3, 0.4) is 0 Å². The lowest BCUT2D eigenvalue weighted by atomic mass is 9.93. The average Bonchev–Trinajstić information content (AvgIpc) is 3.21. The van der Waals surface area contributed by atoms with Crippen LogP contribution in [0, 0.1) is 5.92 Å². The number of ether oxygens (including phenoxy) is 1. The van der Waals surface area contributed by atoms with E-state index in [4.69, 9.17) is 9.15 Å². The number of carbonyl (C=O) groups excluding carboxylic acids is 1. The topological polar surface area (TPSA) is 82.2 Å². The first kappa shape index (κ1) is 15.7. The molecule has 7 heteroatoms. The van der Waals surface area contributed by atoms with Crippen LogP contribution in [0.4, 0.5) is 0 Å². The van der Waals surface area contributed by atoms with Crippen LogP contribution in [0.5, 0.6) is 0 Å². The molecule has 1 aliphatic heterocycles. The third kappa shape index (κ3) is 3.29. The quantitative estimate of drug-likeness (QED) is 0.910. The summed E-state index contributed by atoms with van der Waals surface area (Å²) >= 11 is 0. The molecule has 1 fully saturated rings. The van der Waals surface area contributed by atoms with Gasteiger partial charge < -0.3 is 19.0 Å². The van der Waals surface area contributed by atoms with Gasteiger partial charge in [-0.25, -0.2) is 9.97 Å². The smallest absolute Gasteiger partial charge is 0.273 e. The Morgan fingerprint density at radius 3 is 3.09 bits per heavy atom. The summed E-state index contributed by atoms with van der Waals surface area (Å²) in [5.74, 6) is 1.52. The molecule has 1 aliphatic rings. The predicted molar refractivity (Wildman–Crippen MR) is 82.8 cm³/mol. The Morgan fingerprint density at radius 1 is 1.48 bits per heavy atom. The number of hydrogen-bond acceptors (Lipinski definition) is 5. The lowest BCUT2D eigenvalue weighted by Gasteiger charge is -2.31. The average molecular weight is 318 g/mol. The van der Waals surface area contributed by atoms with Crippen LogP contribution in [0.15, 0.2) is 23.2 Å². The minimum Gasteiger partial charge on any atom is -0.448 e. The predicted octanol–water partition coefficient (Wildman–Crippen LogP) is 1.87. The van der Waals surface area contributed by atoms with Crippen LogP contribution in [0.1, 0.15) is 47.9 Å². The zero-order chi connectivity index (χ0) is 16.2. The summed E-state index contributed by atoms with van der Waals surface area (Å²) in [4.78, 5) is 20.7. The molecule has 3 heterocycles. The first-order valence-electron chi connectivity index (χ1n) is 8.00. The first-order chi connectivity index (χ1) is 11.2. The van der Waals surface area contributed by atoms with Crippen molar-refractivity contribution in [1.82, 2.24) is 19.9 Å². The van der Waals surface area contributed by atoms with Crippen molar-refractivity contribution in [2.45, 2.75) is 32.3 Å². The summed E-state index contributed by atoms with van der Waals surface area (Å²) in [5.41, 5.74) is 0.373. The third-order valence-electron chi connectivity index (χ3n) is 4.26. The number of hydrogen-bond donors (Lipinski definition) is 1. The molecule has 124 valence electrons. The van der Waals surface area contributed by atoms with Crippen molar-refractivity contribution in [3.05, 3.63) is 36.1 Å². The van der Waals surface area contributed by atoms with E-state index >= 15 is 0 Å². The van der Waals surface area contributed by atoms with Crippen molar-refractivity contribution < 1.29 is 13.9 Å². The van der Waals surface area contributed by atoms with E-state index < -0.39 is 0 Å². The van der Waals surface area contributed by atoms with Crippen LogP contribution in [0.2, 0.25) is 0 Å². The summed E-state index contributed by atoms with van der Waals surface area (Å²) in [6.45, 7) is 3.20. The van der Waals surface area contributed by atoms with E-state index in [1.54, 1.807) is 6.20 Å². The molecule has 2 atom stereocenters. The molecule has 7 nitrogen and oxygen atoms in total. The molecule has 1 saturated heterocycles. The van der Waals surface area contributed by atoms with Gasteiger partial charge in [0, 0.05) is 44.9 Å². The highest BCUT2D eigenvalue weighted by atomic mass is 16.5. The number of carbonyl (C=O) groups is 1. The van der Waals surface area contributed by atoms with Gasteiger partial charge in [0.2, 0.25) is 0 Å². The van der Waals surface area contributed by atoms with Gasteiger partial charge in [-0.15, -0.1) is 0 Å². The van der Waals surface area contributed by atoms with Crippen molar-refractivity contribution >= 4 is 5.91 Å². The normalized spacial score (nSPS) is 21.3. The van der Waals surface area contributed by atoms with E-state index in [0.717, 1.165) is 25.3 Å². The van der Waals surface area contributed by atoms with Gasteiger partial charge >= 0.3 is 0 Å². The molecule has 0 aliphatic carbocycles. The van der Waals surface area contributed by atoms with E-state index in [1.807, 2.05) is 24.7 Å². The number of imidazole rings is 1. The van der Waals surface area contributed by atoms with Gasteiger partial charge in [0.1, 0.15) is 17.7 Å². The lowest BCUT2D eigenvalue weighted by molar-refractivity contribution is -0.0337. The molecule has 0 aromatic carbocycles. The van der Waals surface area contributed by atoms with Crippen molar-refractivity contribution in [3.63, 3.8) is 0 Å². The number of nitrogens with one attached hydrogen (secondary N) is 1. The summed E-state index contributed by atoms with van der Waals surface area (Å²) in [7, 11) is 1.96. The number of nitrogens with zero attached hydrogens (tertiary/aromatic N) is 3. The maximum atomic E-state index is 12.3. The van der Waals surface area contributed by atoms with Crippen molar-refractivity contribution in [2.75, 3.05) is 13.2 Å². The monoisotopic (exact) mass is 318 g/mol. The Morgan fingerprint density at radius 2 is 2.35 bits per heavy atom. The van der Waals surface area contributed by atoms with E-state index in [0.29, 0.717) is 24.4 Å². The zero-order valence-electron chi connectivity index (χ0n) is 13.5. The summed E-state index contributed by atoms with van der Waals surface area (Å²) in [6, 6.07) is 0. The van der Waals surface area contributed by atoms with Crippen LogP contribution in [0.25, 0.3) is 0 Å². The highest BCUT2D eigenvalue weighted by Crippen LogP contribution is 2.32. The molecular weight excluding hydrogens is 296 g/mol. The Kier molecular flexibility index (Phi) is 4.76. The number of aromatic nitrogens is 3. The number of amides is 1. The van der Waals surface area contributed by atoms with Crippen LogP contribution >= 0.6 is 0 Å². The molecule has 3 rings (SSSR count). The van der Waals surface area contributed by atoms with Gasteiger partial charge in [-0.05, 0) is 12.8 Å². The fourth-order valence-electron chi connectivity index (χ4n) is 3.00. The van der Waals surface area contributed by atoms with Crippen LogP contribution < -0.4 is 5.32 Å². The van der Waals surface area contributed by atoms with E-state index in [9.17, 15) is 4.79 Å². The second-order valence-electron chi connectivity index (χ2n) is 5.78. The molecule has 2 aromatic heterocycles. The zero-order valence-corrected chi connectivity index (χ0v) is 13.5. The molecule has 0 saturated carbocycles. The Hall–Kier alpha value is -2.15. The summed E-state index contributed by atoms with van der Waals surface area (Å²) < 4.78 is 13.1. The second-order valence-corrected chi connectivity index (χ2v) is 5.78. The molecule has 0 unspecified atom stereocenters. The molecule has 0 bridgehead atoms. The standard InChI is InChI=1S/C16H22N4O3/c1-3-12-13(19-10-23-12)16(21)18-9-11-5-4-8-22-14(11)15-17-6-7-20(15)2/h6-7,10-11,14H,3-5,8-9H2,1-2H3,(H,18,21)/t11-,14+/m0/s1. The van der Waals surface area contributed by atoms with Crippen molar-refractivity contribution in [3.8, 4) is 0 Å². The highest BCUT2D eigenvalue weighted by Gasteiger charge is 2.31. The fraction of sp³-hybridized carbons (Fsp3) is 0.562. The molecule has 2 aromatic rings. The van der Waals surface area contributed by atoms with Gasteiger partial charge in [-0.2, -0.15) is 0 Å². The van der Waals surface area contributed by atoms with Gasteiger partial charge in [0.15, 0.2) is 12.1 Å². The maximum Gasteiger partial charge on any atom is 0.273 e. The Labute approximate surface area is 135 Å². The number of aryl methyl sites for hydroxylation is 2. The maximum absolute atomic E-state index is 12.3. The number of rotatable bonds is 5. The van der Waals surface area contributed by atoms with Crippen molar-refractivity contribution in [1.29, 1.82) is 0 Å². The summed E-state index contributed by atoms with van der Waals surface area (Å²) in [6.07, 6.45) is 7.53. The first-order valence-corrected chi connectivity index (χ1v) is 8.00. The molecule has 1 amide bonds. The molecule has 0 radical (unpaired) electrons. The van der Waals surface area contributed by atoms with Crippen LogP contribution in [-0.2, 0) is 18.2 Å². The fourth-order valence-corrected chi connectivity index (χ4v) is 3.00. The SMILES string of the molecule is CCc1ocnc1C(=O)NC[C@@H]1CCCO[C@H]1c1nccn1C. The van der Waals surface area contributed by atoms with E-state index in [2.05, 4.69) is 15.3 Å². The largest absolute Gasteiger partial charge is 0.448 e. The van der Waals surface area contributed by atoms with E-state index in [-0.39, 0.29) is 17.9 Å². The Bertz CT molecular complexity index is 664. The van der Waals surface area contributed by atoms with E-state index in [1.165, 1.54) is 6.39 Å².